The number of nitrogens with zero attached hydrogens (tertiary/aromatic N) is 12. The number of benzene rings is 6. The fraction of sp³-hybridized carbons (Fsp3) is 0.250. The fourth-order valence-corrected chi connectivity index (χ4v) is 18.6. The summed E-state index contributed by atoms with van der Waals surface area (Å²) in [7, 11) is 0. The van der Waals surface area contributed by atoms with Crippen LogP contribution in [0.5, 0.6) is 17.2 Å². The van der Waals surface area contributed by atoms with Gasteiger partial charge in [0.15, 0.2) is 34.0 Å². The van der Waals surface area contributed by atoms with Gasteiger partial charge in [-0.2, -0.15) is 47.4 Å². The predicted molar refractivity (Wildman–Crippen MR) is 560 cm³/mol. The zero-order chi connectivity index (χ0) is 105. The summed E-state index contributed by atoms with van der Waals surface area (Å²) in [6.07, 6.45) is 21.5. The lowest BCUT2D eigenvalue weighted by atomic mass is 9.71. The minimum absolute atomic E-state index is 0.0159. The Kier molecular flexibility index (Phi) is 36.8. The van der Waals surface area contributed by atoms with Crippen molar-refractivity contribution in [3.63, 3.8) is 0 Å². The van der Waals surface area contributed by atoms with Gasteiger partial charge in [0.05, 0.1) is 58.2 Å². The van der Waals surface area contributed by atoms with Crippen LogP contribution in [0.1, 0.15) is 170 Å². The summed E-state index contributed by atoms with van der Waals surface area (Å²) in [4.78, 5) is 91.3. The molecule has 0 bridgehead atoms. The van der Waals surface area contributed by atoms with E-state index in [-0.39, 0.29) is 126 Å². The molecule has 146 heavy (non-hydrogen) atoms. The minimum atomic E-state index is -0.989. The highest BCUT2D eigenvalue weighted by atomic mass is 32.1. The van der Waals surface area contributed by atoms with E-state index in [2.05, 4.69) is 32.9 Å². The first-order valence-electron chi connectivity index (χ1n) is 46.8. The molecule has 0 N–H and O–H groups in total. The Morgan fingerprint density at radius 2 is 0.527 bits per heavy atom. The van der Waals surface area contributed by atoms with E-state index < -0.39 is 58.0 Å². The number of likely N-dealkylation sites (N-methyl/N-ethyl adjacent to an activating group) is 3. The molecule has 0 radical (unpaired) electrons. The van der Waals surface area contributed by atoms with Crippen LogP contribution >= 0.6 is 34.0 Å². The lowest BCUT2D eigenvalue weighted by molar-refractivity contribution is -0.146. The molecule has 6 heterocycles. The van der Waals surface area contributed by atoms with Crippen molar-refractivity contribution in [2.24, 2.45) is 0 Å². The second-order valence-corrected chi connectivity index (χ2v) is 38.3. The smallest absolute Gasteiger partial charge is 0.311 e. The third-order valence-electron chi connectivity index (χ3n) is 24.1. The average Bonchev–Trinajstić information content (AvgIpc) is 0.867. The van der Waals surface area contributed by atoms with Gasteiger partial charge in [0, 0.05) is 88.1 Å². The number of carbonyl (C=O) groups excluding carboxylic acids is 6. The molecule has 3 aliphatic heterocycles. The molecule has 3 aromatic heterocycles. The molecule has 3 aliphatic rings. The largest absolute Gasteiger partial charge is 0.480 e. The van der Waals surface area contributed by atoms with Crippen LogP contribution in [0.2, 0.25) is 0 Å². The van der Waals surface area contributed by atoms with Crippen molar-refractivity contribution in [3.05, 3.63) is 330 Å². The van der Waals surface area contributed by atoms with Crippen LogP contribution in [-0.4, -0.2) is 112 Å². The van der Waals surface area contributed by atoms with Crippen LogP contribution in [0.25, 0.3) is 54.7 Å². The number of allylic oxidation sites excluding steroid dienone is 6. The molecule has 0 fully saturated rings. The van der Waals surface area contributed by atoms with Crippen molar-refractivity contribution in [1.82, 2.24) is 0 Å². The maximum Gasteiger partial charge on any atom is 0.311 e. The van der Waals surface area contributed by atoms with Crippen LogP contribution in [0.15, 0.2) is 268 Å². The van der Waals surface area contributed by atoms with Crippen LogP contribution in [0, 0.1) is 102 Å². The average molecular weight is 2000 g/mol. The molecule has 0 saturated heterocycles. The molecule has 0 spiro atoms. The van der Waals surface area contributed by atoms with Crippen molar-refractivity contribution in [2.45, 2.75) is 130 Å². The monoisotopic (exact) mass is 2000 g/mol. The maximum atomic E-state index is 13.4. The lowest BCUT2D eigenvalue weighted by Crippen LogP contribution is -2.28. The Balaban J connectivity index is 0.621. The fourth-order valence-electron chi connectivity index (χ4n) is 16.2. The summed E-state index contributed by atoms with van der Waals surface area (Å²) in [6.45, 7) is 21.8. The van der Waals surface area contributed by atoms with Gasteiger partial charge in [-0.15, -0.1) is 34.0 Å². The number of hydrogen-bond acceptors (Lipinski definition) is 30. The van der Waals surface area contributed by atoms with E-state index in [9.17, 15) is 76.1 Å². The summed E-state index contributed by atoms with van der Waals surface area (Å²) >= 11 is 4.61. The summed E-state index contributed by atoms with van der Waals surface area (Å²) in [6, 6.07) is 73.4. The number of thiophene rings is 3. The summed E-state index contributed by atoms with van der Waals surface area (Å²) < 4.78 is 51.7. The van der Waals surface area contributed by atoms with Gasteiger partial charge in [0.2, 0.25) is 0 Å². The topological polar surface area (TPSA) is 409 Å². The van der Waals surface area contributed by atoms with Gasteiger partial charge in [-0.3, -0.25) is 28.8 Å². The molecular weight excluding hydrogens is 1900 g/mol. The Labute approximate surface area is 860 Å². The van der Waals surface area contributed by atoms with E-state index in [4.69, 9.17) is 42.6 Å². The van der Waals surface area contributed by atoms with Gasteiger partial charge in [-0.05, 0) is 248 Å². The van der Waals surface area contributed by atoms with Gasteiger partial charge in [0.1, 0.15) is 125 Å². The Morgan fingerprint density at radius 3 is 0.740 bits per heavy atom. The molecule has 0 aliphatic carbocycles. The zero-order valence-electron chi connectivity index (χ0n) is 82.1. The number of ether oxygens (including phenoxy) is 9. The highest BCUT2D eigenvalue weighted by Crippen LogP contribution is 2.46. The number of nitriles is 9. The van der Waals surface area contributed by atoms with Crippen LogP contribution in [0.3, 0.4) is 0 Å². The highest BCUT2D eigenvalue weighted by molar-refractivity contribution is 7.14. The van der Waals surface area contributed by atoms with Crippen molar-refractivity contribution in [2.75, 3.05) is 73.8 Å². The number of anilines is 3. The molecule has 0 atom stereocenters. The number of rotatable bonds is 42. The normalized spacial score (nSPS) is 13.8. The van der Waals surface area contributed by atoms with E-state index in [1.165, 1.54) is 34.0 Å². The summed E-state index contributed by atoms with van der Waals surface area (Å²) in [5, 5.41) is 86.4. The van der Waals surface area contributed by atoms with Gasteiger partial charge >= 0.3 is 35.8 Å². The van der Waals surface area contributed by atoms with E-state index >= 15 is 0 Å². The number of esters is 6. The minimum Gasteiger partial charge on any atom is -0.480 e. The first-order valence-corrected chi connectivity index (χ1v) is 49.3. The van der Waals surface area contributed by atoms with E-state index in [1.54, 1.807) is 133 Å². The molecule has 12 rings (SSSR count). The number of hydrogen-bond donors (Lipinski definition) is 0. The lowest BCUT2D eigenvalue weighted by Gasteiger charge is -2.32. The van der Waals surface area contributed by atoms with Crippen molar-refractivity contribution < 1.29 is 71.4 Å². The van der Waals surface area contributed by atoms with Crippen molar-refractivity contribution in [3.8, 4) is 71.9 Å². The van der Waals surface area contributed by atoms with Gasteiger partial charge in [-0.1, -0.05) is 109 Å². The van der Waals surface area contributed by atoms with Crippen molar-refractivity contribution in [1.29, 1.82) is 47.4 Å². The van der Waals surface area contributed by atoms with Crippen molar-refractivity contribution >= 4 is 142 Å². The molecule has 9 aromatic rings. The molecule has 0 amide bonds. The van der Waals surface area contributed by atoms with Crippen LogP contribution in [-0.2, 0) is 62.6 Å². The number of carbonyl (C=O) groups is 6. The van der Waals surface area contributed by atoms with E-state index in [1.807, 2.05) is 228 Å². The molecule has 30 heteroatoms. The first-order chi connectivity index (χ1) is 70.3. The van der Waals surface area contributed by atoms with E-state index in [0.717, 1.165) is 79.7 Å². The Hall–Kier alpha value is -17.7. The zero-order valence-corrected chi connectivity index (χ0v) is 84.5. The standard InChI is InChI=1S/C116H102N12O15S3/c1-11-126(86-29-14-77(15-30-86)20-41-92-44-47-95(144-92)50-53-101-98(74-123)110(80(68-117)69-118)141-113(101,4)5)62-65-135-104(129)56-59-107(132)138-89-35-23-83(24-36-89)116(10,84-25-37-90(38-26-84)139-108(133)60-57-105(130)136-66-63-127(12-2)87-31-16-78(17-32-87)21-42-93-45-48-96(145-93)51-54-102-99(75-124)111(81(70-119)71-120)142-114(102,6)7)85-27-39-91(40-28-85)140-109(134)61-58-106(131)137-67-64-128(13-3)88-33-18-79(19-34-88)22-43-94-46-49-97(146-94)52-55-103-100(76-125)112(82(72-121)73-122)143-115(103,8)9/h14-55H,11-13,56-67H2,1-10H3/b41-20+,42-21+,43-22+,53-50+,54-51+,55-52+. The second kappa shape index (κ2) is 50.1. The maximum absolute atomic E-state index is 13.4. The van der Waals surface area contributed by atoms with E-state index in [0.29, 0.717) is 56.0 Å². The van der Waals surface area contributed by atoms with Gasteiger partial charge < -0.3 is 57.3 Å². The van der Waals surface area contributed by atoms with Gasteiger partial charge in [0.25, 0.3) is 0 Å². The highest BCUT2D eigenvalue weighted by Gasteiger charge is 2.42. The predicted octanol–water partition coefficient (Wildman–Crippen LogP) is 22.8. The van der Waals surface area contributed by atoms with Gasteiger partial charge in [-0.25, -0.2) is 0 Å². The second-order valence-electron chi connectivity index (χ2n) is 34.8. The third-order valence-corrected chi connectivity index (χ3v) is 27.1. The molecule has 27 nitrogen and oxygen atoms in total. The Morgan fingerprint density at radius 1 is 0.308 bits per heavy atom. The third kappa shape index (κ3) is 27.8. The van der Waals surface area contributed by atoms with Crippen LogP contribution in [0.4, 0.5) is 17.1 Å². The quantitative estimate of drug-likeness (QED) is 0.0113. The SMILES string of the molecule is CCN(CCOC(=O)CCC(=O)Oc1ccc(C(C)(c2ccc(OC(=O)CCC(=O)OCCN(CC)c3ccc(/C=C/c4ccc(/C=C/C5=C(C#N)C(=C(C#N)C#N)OC5(C)C)s4)cc3)cc2)c2ccc(OC(=O)CCC(=O)OCCN(CC)c3ccc(/C=C/c4ccc(/C=C/C5=C(C#N)C(=C(C#N)C#N)OC5(C)C)s4)cc3)cc2)cc1)c1ccc(/C=C/c2ccc(/C=C/C3=C(C#N)C(=C(C#N)C#N)OC3(C)C)s2)cc1. The summed E-state index contributed by atoms with van der Waals surface area (Å²) in [5.74, 6) is -3.13. The molecule has 6 aromatic carbocycles. The molecular formula is C116H102N12O15S3. The summed E-state index contributed by atoms with van der Waals surface area (Å²) in [5.41, 5.74) is 5.38. The first kappa shape index (κ1) is 107. The van der Waals surface area contributed by atoms with Crippen LogP contribution < -0.4 is 28.9 Å². The molecule has 734 valence electrons. The molecule has 0 unspecified atom stereocenters. The Bertz CT molecular complexity index is 6520. The molecule has 0 saturated carbocycles.